The average molecular weight is 314 g/mol. The van der Waals surface area contributed by atoms with Crippen LogP contribution in [0.4, 0.5) is 13.2 Å². The fourth-order valence-electron chi connectivity index (χ4n) is 1.68. The zero-order chi connectivity index (χ0) is 13.0. The maximum atomic E-state index is 9.67. The molecule has 0 saturated carbocycles. The summed E-state index contributed by atoms with van der Waals surface area (Å²) in [7, 11) is 0. The third-order valence-corrected chi connectivity index (χ3v) is 2.34. The molecule has 1 aromatic carbocycles. The number of benzene rings is 1. The van der Waals surface area contributed by atoms with Crippen molar-refractivity contribution in [3.63, 3.8) is 0 Å². The molecule has 3 aromatic rings. The minimum absolute atomic E-state index is 0. The van der Waals surface area contributed by atoms with Crippen molar-refractivity contribution in [3.8, 4) is 0 Å². The van der Waals surface area contributed by atoms with Gasteiger partial charge in [0.05, 0.1) is 11.0 Å². The topological polar surface area (TPSA) is 25.8 Å². The molecule has 19 heavy (non-hydrogen) atoms. The number of pyridine rings is 2. The molecule has 0 unspecified atom stereocenters. The van der Waals surface area contributed by atoms with Crippen LogP contribution < -0.4 is 0 Å². The molecule has 0 aliphatic heterocycles. The molecule has 0 amide bonds. The SMILES string of the molecule is FC(F)F.[Cu].c1cnc2c(c1)ccc1cccnc12. The van der Waals surface area contributed by atoms with Gasteiger partial charge in [-0.15, -0.1) is 0 Å². The van der Waals surface area contributed by atoms with E-state index in [9.17, 15) is 13.2 Å². The van der Waals surface area contributed by atoms with Crippen molar-refractivity contribution in [1.29, 1.82) is 0 Å². The molecule has 0 N–H and O–H groups in total. The molecular formula is C13H9CuF3N2. The van der Waals surface area contributed by atoms with Gasteiger partial charge in [0.15, 0.2) is 0 Å². The van der Waals surface area contributed by atoms with Gasteiger partial charge in [-0.3, -0.25) is 9.97 Å². The Morgan fingerprint density at radius 2 is 1.11 bits per heavy atom. The second kappa shape index (κ2) is 7.07. The van der Waals surface area contributed by atoms with Gasteiger partial charge in [0.1, 0.15) is 0 Å². The van der Waals surface area contributed by atoms with Crippen molar-refractivity contribution in [2.24, 2.45) is 0 Å². The second-order valence-corrected chi connectivity index (χ2v) is 3.46. The maximum Gasteiger partial charge on any atom is 0.379 e. The largest absolute Gasteiger partial charge is 0.379 e. The first kappa shape index (κ1) is 15.4. The smallest absolute Gasteiger partial charge is 0.254 e. The number of hydrogen-bond acceptors (Lipinski definition) is 2. The Morgan fingerprint density at radius 1 is 0.737 bits per heavy atom. The third-order valence-electron chi connectivity index (χ3n) is 2.34. The van der Waals surface area contributed by atoms with E-state index in [0.717, 1.165) is 21.8 Å². The summed E-state index contributed by atoms with van der Waals surface area (Å²) < 4.78 is 29.0. The zero-order valence-corrected chi connectivity index (χ0v) is 10.5. The first-order valence-electron chi connectivity index (χ1n) is 5.19. The number of halogens is 3. The van der Waals surface area contributed by atoms with Gasteiger partial charge in [0.2, 0.25) is 0 Å². The summed E-state index contributed by atoms with van der Waals surface area (Å²) in [5.41, 5.74) is 1.95. The first-order valence-corrected chi connectivity index (χ1v) is 5.19. The molecule has 0 saturated heterocycles. The van der Waals surface area contributed by atoms with Crippen LogP contribution in [0.15, 0.2) is 48.8 Å². The first-order chi connectivity index (χ1) is 8.68. The minimum atomic E-state index is -3.67. The molecule has 103 valence electrons. The second-order valence-electron chi connectivity index (χ2n) is 3.46. The predicted molar refractivity (Wildman–Crippen MR) is 64.2 cm³/mol. The molecule has 0 atom stereocenters. The standard InChI is InChI=1S/C12H8N2.CHF3.Cu/c1-3-9-5-6-10-4-2-8-14-12(10)11(9)13-7-1;2-1(3)4;/h1-8H;1H;. The Hall–Kier alpha value is -1.65. The van der Waals surface area contributed by atoms with Crippen LogP contribution in [0.1, 0.15) is 0 Å². The number of rotatable bonds is 0. The van der Waals surface area contributed by atoms with E-state index in [-0.39, 0.29) is 17.1 Å². The summed E-state index contributed by atoms with van der Waals surface area (Å²) >= 11 is 0. The molecule has 0 bridgehead atoms. The molecule has 3 rings (SSSR count). The van der Waals surface area contributed by atoms with Crippen molar-refractivity contribution >= 4 is 21.8 Å². The summed E-state index contributed by atoms with van der Waals surface area (Å²) in [6, 6.07) is 12.1. The summed E-state index contributed by atoms with van der Waals surface area (Å²) in [4.78, 5) is 8.69. The summed E-state index contributed by atoms with van der Waals surface area (Å²) in [5.74, 6) is 0. The van der Waals surface area contributed by atoms with Gasteiger partial charge in [-0.25, -0.2) is 0 Å². The van der Waals surface area contributed by atoms with Crippen LogP contribution in [0.2, 0.25) is 0 Å². The monoisotopic (exact) mass is 313 g/mol. The summed E-state index contributed by atoms with van der Waals surface area (Å²) in [5, 5.41) is 2.28. The predicted octanol–water partition coefficient (Wildman–Crippen LogP) is 3.96. The van der Waals surface area contributed by atoms with E-state index in [1.54, 1.807) is 12.4 Å². The number of nitrogens with zero attached hydrogens (tertiary/aromatic N) is 2. The molecular weight excluding hydrogens is 305 g/mol. The summed E-state index contributed by atoms with van der Waals surface area (Å²) in [6.07, 6.45) is 3.60. The number of hydrogen-bond donors (Lipinski definition) is 0. The Morgan fingerprint density at radius 3 is 1.47 bits per heavy atom. The van der Waals surface area contributed by atoms with Gasteiger partial charge in [0.25, 0.3) is 0 Å². The maximum absolute atomic E-state index is 9.67. The fraction of sp³-hybridized carbons (Fsp3) is 0.0769. The van der Waals surface area contributed by atoms with Crippen LogP contribution in [0.3, 0.4) is 0 Å². The van der Waals surface area contributed by atoms with Gasteiger partial charge in [-0.2, -0.15) is 13.2 Å². The molecule has 0 aliphatic rings. The van der Waals surface area contributed by atoms with E-state index in [1.807, 2.05) is 12.1 Å². The van der Waals surface area contributed by atoms with Crippen molar-refractivity contribution in [3.05, 3.63) is 48.8 Å². The molecule has 2 nitrogen and oxygen atoms in total. The van der Waals surface area contributed by atoms with Crippen molar-refractivity contribution in [1.82, 2.24) is 9.97 Å². The molecule has 0 fully saturated rings. The van der Waals surface area contributed by atoms with Crippen molar-refractivity contribution < 1.29 is 30.2 Å². The van der Waals surface area contributed by atoms with Gasteiger partial charge in [-0.1, -0.05) is 24.3 Å². The van der Waals surface area contributed by atoms with E-state index in [1.165, 1.54) is 0 Å². The van der Waals surface area contributed by atoms with E-state index in [0.29, 0.717) is 0 Å². The van der Waals surface area contributed by atoms with E-state index < -0.39 is 6.68 Å². The minimum Gasteiger partial charge on any atom is -0.254 e. The van der Waals surface area contributed by atoms with E-state index >= 15 is 0 Å². The molecule has 2 aromatic heterocycles. The third kappa shape index (κ3) is 3.91. The normalized spacial score (nSPS) is 9.89. The van der Waals surface area contributed by atoms with E-state index in [2.05, 4.69) is 34.2 Å². The fourth-order valence-corrected chi connectivity index (χ4v) is 1.68. The van der Waals surface area contributed by atoms with Gasteiger partial charge >= 0.3 is 6.68 Å². The van der Waals surface area contributed by atoms with Crippen LogP contribution in [-0.4, -0.2) is 16.6 Å². The summed E-state index contributed by atoms with van der Waals surface area (Å²) in [6.45, 7) is -3.67. The van der Waals surface area contributed by atoms with Crippen LogP contribution in [-0.2, 0) is 17.1 Å². The number of aromatic nitrogens is 2. The van der Waals surface area contributed by atoms with Gasteiger partial charge in [0, 0.05) is 40.2 Å². The van der Waals surface area contributed by atoms with Crippen LogP contribution in [0.5, 0.6) is 0 Å². The molecule has 1 radical (unpaired) electrons. The number of fused-ring (bicyclic) bond motifs is 3. The molecule has 0 spiro atoms. The average Bonchev–Trinajstić information content (AvgIpc) is 2.38. The van der Waals surface area contributed by atoms with Crippen LogP contribution in [0, 0.1) is 0 Å². The van der Waals surface area contributed by atoms with Gasteiger partial charge in [-0.05, 0) is 12.1 Å². The van der Waals surface area contributed by atoms with Crippen LogP contribution in [0.25, 0.3) is 21.8 Å². The Labute approximate surface area is 118 Å². The zero-order valence-electron chi connectivity index (χ0n) is 9.53. The molecule has 0 aliphatic carbocycles. The Kier molecular flexibility index (Phi) is 5.73. The Balaban J connectivity index is 0.000000323. The van der Waals surface area contributed by atoms with E-state index in [4.69, 9.17) is 0 Å². The number of alkyl halides is 3. The molecule has 2 heterocycles. The van der Waals surface area contributed by atoms with Crippen molar-refractivity contribution in [2.75, 3.05) is 0 Å². The molecule has 6 heteroatoms. The quantitative estimate of drug-likeness (QED) is 0.464. The van der Waals surface area contributed by atoms with Crippen LogP contribution >= 0.6 is 0 Å². The Bertz CT molecular complexity index is 604. The van der Waals surface area contributed by atoms with Gasteiger partial charge < -0.3 is 0 Å². The van der Waals surface area contributed by atoms with Crippen molar-refractivity contribution in [2.45, 2.75) is 6.68 Å².